The maximum atomic E-state index is 10.9. The molecular weight excluding hydrogens is 260 g/mol. The zero-order valence-electron chi connectivity index (χ0n) is 10.1. The van der Waals surface area contributed by atoms with Crippen LogP contribution in [0.5, 0.6) is 0 Å². The van der Waals surface area contributed by atoms with Crippen LogP contribution in [-0.4, -0.2) is 17.2 Å². The summed E-state index contributed by atoms with van der Waals surface area (Å²) in [6.07, 6.45) is 10.4. The third-order valence-electron chi connectivity index (χ3n) is 2.48. The largest absolute Gasteiger partial charge is 0.366 e. The molecule has 96 valence electrons. The summed E-state index contributed by atoms with van der Waals surface area (Å²) in [4.78, 5) is 26.8. The molecule has 1 aromatic heterocycles. The van der Waals surface area contributed by atoms with Crippen LogP contribution in [-0.2, 0) is 4.79 Å². The molecule has 2 rings (SSSR count). The van der Waals surface area contributed by atoms with Gasteiger partial charge in [0.1, 0.15) is 11.3 Å². The smallest absolute Gasteiger partial charge is 0.250 e. The number of aldehydes is 1. The number of primary amides is 1. The minimum atomic E-state index is -0.487. The van der Waals surface area contributed by atoms with E-state index in [0.717, 1.165) is 22.6 Å². The van der Waals surface area contributed by atoms with Gasteiger partial charge in [0.05, 0.1) is 5.56 Å². The number of nitrogens with two attached hydrogens (primary N) is 1. The third kappa shape index (κ3) is 3.66. The Morgan fingerprint density at radius 2 is 2.21 bits per heavy atom. The fourth-order valence-corrected chi connectivity index (χ4v) is 2.32. The lowest BCUT2D eigenvalue weighted by molar-refractivity contribution is -0.104. The highest BCUT2D eigenvalue weighted by Gasteiger charge is 2.05. The van der Waals surface area contributed by atoms with E-state index in [4.69, 9.17) is 5.73 Å². The maximum Gasteiger partial charge on any atom is 0.250 e. The van der Waals surface area contributed by atoms with E-state index in [1.807, 2.05) is 12.2 Å². The first-order valence-electron chi connectivity index (χ1n) is 5.65. The van der Waals surface area contributed by atoms with Crippen LogP contribution in [0, 0.1) is 0 Å². The summed E-state index contributed by atoms with van der Waals surface area (Å²) in [7, 11) is 0. The molecule has 2 N–H and O–H groups in total. The molecule has 1 aliphatic rings. The van der Waals surface area contributed by atoms with Gasteiger partial charge in [-0.1, -0.05) is 36.1 Å². The second-order valence-corrected chi connectivity index (χ2v) is 5.02. The van der Waals surface area contributed by atoms with Gasteiger partial charge in [0.15, 0.2) is 0 Å². The molecule has 0 fully saturated rings. The number of allylic oxidation sites excluding steroid dienone is 6. The van der Waals surface area contributed by atoms with E-state index in [0.29, 0.717) is 11.1 Å². The van der Waals surface area contributed by atoms with Crippen LogP contribution in [0.25, 0.3) is 0 Å². The molecule has 1 heterocycles. The van der Waals surface area contributed by atoms with Crippen molar-refractivity contribution in [2.45, 2.75) is 11.4 Å². The van der Waals surface area contributed by atoms with Crippen LogP contribution in [0.15, 0.2) is 58.1 Å². The predicted molar refractivity (Wildman–Crippen MR) is 74.6 cm³/mol. The van der Waals surface area contributed by atoms with Crippen molar-refractivity contribution in [1.29, 1.82) is 0 Å². The zero-order chi connectivity index (χ0) is 13.7. The summed E-state index contributed by atoms with van der Waals surface area (Å²) in [6.45, 7) is 0. The highest BCUT2D eigenvalue weighted by molar-refractivity contribution is 8.03. The van der Waals surface area contributed by atoms with Gasteiger partial charge in [0.2, 0.25) is 5.91 Å². The number of aromatic nitrogens is 1. The van der Waals surface area contributed by atoms with Crippen molar-refractivity contribution in [3.63, 3.8) is 0 Å². The first-order valence-corrected chi connectivity index (χ1v) is 6.47. The topological polar surface area (TPSA) is 73.1 Å². The number of thioether (sulfide) groups is 1. The monoisotopic (exact) mass is 272 g/mol. The Labute approximate surface area is 115 Å². The van der Waals surface area contributed by atoms with E-state index in [2.05, 4.69) is 4.98 Å². The molecule has 0 spiro atoms. The molecule has 1 amide bonds. The summed E-state index contributed by atoms with van der Waals surface area (Å²) in [5, 5.41) is 0.785. The van der Waals surface area contributed by atoms with Gasteiger partial charge in [-0.2, -0.15) is 0 Å². The molecule has 0 aliphatic heterocycles. The van der Waals surface area contributed by atoms with Crippen LogP contribution >= 0.6 is 11.8 Å². The predicted octanol–water partition coefficient (Wildman–Crippen LogP) is 2.24. The minimum absolute atomic E-state index is 0.391. The fourth-order valence-electron chi connectivity index (χ4n) is 1.50. The minimum Gasteiger partial charge on any atom is -0.366 e. The number of nitrogens with zero attached hydrogens (tertiary/aromatic N) is 1. The van der Waals surface area contributed by atoms with Crippen molar-refractivity contribution >= 4 is 24.0 Å². The van der Waals surface area contributed by atoms with E-state index >= 15 is 0 Å². The van der Waals surface area contributed by atoms with Crippen molar-refractivity contribution in [3.8, 4) is 0 Å². The van der Waals surface area contributed by atoms with Crippen LogP contribution in [0.1, 0.15) is 16.8 Å². The summed E-state index contributed by atoms with van der Waals surface area (Å²) < 4.78 is 0. The fraction of sp³-hybridized carbons (Fsp3) is 0.0714. The molecule has 19 heavy (non-hydrogen) atoms. The number of hydrogen-bond acceptors (Lipinski definition) is 4. The molecule has 0 aromatic carbocycles. The molecule has 0 saturated heterocycles. The van der Waals surface area contributed by atoms with Crippen LogP contribution in [0.4, 0.5) is 0 Å². The molecule has 1 aliphatic carbocycles. The lowest BCUT2D eigenvalue weighted by atomic mass is 10.3. The number of carbonyl (C=O) groups excluding carboxylic acids is 2. The van der Waals surface area contributed by atoms with E-state index < -0.39 is 5.91 Å². The van der Waals surface area contributed by atoms with Crippen LogP contribution in [0.3, 0.4) is 0 Å². The first kappa shape index (κ1) is 13.3. The quantitative estimate of drug-likeness (QED) is 0.853. The number of rotatable bonds is 4. The van der Waals surface area contributed by atoms with Gasteiger partial charge in [-0.15, -0.1) is 0 Å². The standard InChI is InChI=1S/C14H12N2O2S/c15-14(18)11-5-7-13(16-8-11)19-12-3-1-2-10(9-17)4-6-12/h1-2,4-9H,3H2,(H2,15,18). The van der Waals surface area contributed by atoms with E-state index in [1.54, 1.807) is 24.3 Å². The van der Waals surface area contributed by atoms with E-state index in [1.165, 1.54) is 18.0 Å². The molecule has 4 nitrogen and oxygen atoms in total. The third-order valence-corrected chi connectivity index (χ3v) is 3.50. The first-order chi connectivity index (χ1) is 9.19. The van der Waals surface area contributed by atoms with Gasteiger partial charge >= 0.3 is 0 Å². The van der Waals surface area contributed by atoms with Gasteiger partial charge < -0.3 is 5.73 Å². The summed E-state index contributed by atoms with van der Waals surface area (Å²) in [5.41, 5.74) is 6.19. The average Bonchev–Trinajstić information content (AvgIpc) is 2.64. The van der Waals surface area contributed by atoms with Gasteiger partial charge in [-0.25, -0.2) is 4.98 Å². The molecule has 0 radical (unpaired) electrons. The molecule has 0 atom stereocenters. The number of pyridine rings is 1. The van der Waals surface area contributed by atoms with Crippen LogP contribution in [0.2, 0.25) is 0 Å². The second-order valence-electron chi connectivity index (χ2n) is 3.88. The SMILES string of the molecule is NC(=O)c1ccc(SC2=CC=C(C=O)C=CC2)nc1. The lowest BCUT2D eigenvalue weighted by Gasteiger charge is -2.03. The van der Waals surface area contributed by atoms with Gasteiger partial charge in [0.25, 0.3) is 0 Å². The molecular formula is C14H12N2O2S. The average molecular weight is 272 g/mol. The Kier molecular flexibility index (Phi) is 4.30. The van der Waals surface area contributed by atoms with Gasteiger partial charge in [-0.05, 0) is 23.5 Å². The lowest BCUT2D eigenvalue weighted by Crippen LogP contribution is -2.10. The molecule has 5 heteroatoms. The summed E-state index contributed by atoms with van der Waals surface area (Å²) in [6, 6.07) is 3.40. The maximum absolute atomic E-state index is 10.9. The van der Waals surface area contributed by atoms with Gasteiger partial charge in [-0.3, -0.25) is 9.59 Å². The second kappa shape index (κ2) is 6.15. The van der Waals surface area contributed by atoms with E-state index in [-0.39, 0.29) is 0 Å². The Hall–Kier alpha value is -2.14. The summed E-state index contributed by atoms with van der Waals surface area (Å²) >= 11 is 1.50. The number of amides is 1. The molecule has 0 saturated carbocycles. The van der Waals surface area contributed by atoms with E-state index in [9.17, 15) is 9.59 Å². The number of carbonyl (C=O) groups is 2. The van der Waals surface area contributed by atoms with Crippen molar-refractivity contribution in [2.24, 2.45) is 5.73 Å². The van der Waals surface area contributed by atoms with Crippen molar-refractivity contribution in [2.75, 3.05) is 0 Å². The highest BCUT2D eigenvalue weighted by Crippen LogP contribution is 2.29. The molecule has 1 aromatic rings. The Morgan fingerprint density at radius 1 is 1.37 bits per heavy atom. The normalized spacial score (nSPS) is 14.3. The van der Waals surface area contributed by atoms with Crippen molar-refractivity contribution in [1.82, 2.24) is 4.98 Å². The van der Waals surface area contributed by atoms with Crippen LogP contribution < -0.4 is 5.73 Å². The van der Waals surface area contributed by atoms with Gasteiger partial charge in [0, 0.05) is 11.8 Å². The molecule has 0 unspecified atom stereocenters. The van der Waals surface area contributed by atoms with Crippen molar-refractivity contribution < 1.29 is 9.59 Å². The van der Waals surface area contributed by atoms with Crippen molar-refractivity contribution in [3.05, 3.63) is 58.7 Å². The Bertz CT molecular complexity index is 586. The number of hydrogen-bond donors (Lipinski definition) is 1. The zero-order valence-corrected chi connectivity index (χ0v) is 10.9. The Morgan fingerprint density at radius 3 is 2.84 bits per heavy atom. The highest BCUT2D eigenvalue weighted by atomic mass is 32.2. The summed E-state index contributed by atoms with van der Waals surface area (Å²) in [5.74, 6) is -0.487. The molecule has 0 bridgehead atoms. The Balaban J connectivity index is 2.11.